The number of fused-ring (bicyclic) bond motifs is 1. The van der Waals surface area contributed by atoms with Gasteiger partial charge >= 0.3 is 182 Å². The van der Waals surface area contributed by atoms with Crippen molar-refractivity contribution in [3.63, 3.8) is 0 Å². The third kappa shape index (κ3) is 8.44. The van der Waals surface area contributed by atoms with Crippen LogP contribution in [0.15, 0.2) is 72.6 Å². The first-order chi connectivity index (χ1) is 17.8. The summed E-state index contributed by atoms with van der Waals surface area (Å²) in [5.74, 6) is 7.02. The Kier molecular flexibility index (Phi) is 11.4. The number of aliphatic hydroxyl groups is 1. The smallest absolute Gasteiger partial charge is 0 e. The van der Waals surface area contributed by atoms with Gasteiger partial charge in [0, 0.05) is 26.2 Å². The van der Waals surface area contributed by atoms with Crippen molar-refractivity contribution in [2.75, 3.05) is 0 Å². The number of ketones is 1. The number of carbonyl (C=O) groups excluding carboxylic acids is 1. The summed E-state index contributed by atoms with van der Waals surface area (Å²) in [5, 5.41) is 10.7. The monoisotopic (exact) mass is 765 g/mol. The molecule has 0 unspecified atom stereocenters. The van der Waals surface area contributed by atoms with E-state index in [0.717, 1.165) is 27.8 Å². The van der Waals surface area contributed by atoms with Crippen LogP contribution in [0.3, 0.4) is 0 Å². The predicted octanol–water partition coefficient (Wildman–Crippen LogP) is 8.52. The summed E-state index contributed by atoms with van der Waals surface area (Å²) in [5.41, 5.74) is 5.55. The fourth-order valence-corrected chi connectivity index (χ4v) is 6.73. The van der Waals surface area contributed by atoms with Crippen LogP contribution in [-0.2, 0) is 24.9 Å². The molecule has 0 bridgehead atoms. The van der Waals surface area contributed by atoms with E-state index < -0.39 is 13.3 Å². The Morgan fingerprint density at radius 2 is 1.69 bits per heavy atom. The van der Waals surface area contributed by atoms with Gasteiger partial charge in [-0.3, -0.25) is 4.79 Å². The number of nitrogens with zero attached hydrogens (tertiary/aromatic N) is 1. The van der Waals surface area contributed by atoms with Gasteiger partial charge in [-0.05, 0) is 13.8 Å². The number of aliphatic hydroxyl groups excluding tert-OH is 1. The summed E-state index contributed by atoms with van der Waals surface area (Å²) < 4.78 is 16.3. The van der Waals surface area contributed by atoms with E-state index in [9.17, 15) is 4.79 Å². The molecule has 0 aliphatic carbocycles. The van der Waals surface area contributed by atoms with Gasteiger partial charge in [-0.1, -0.05) is 6.07 Å². The van der Waals surface area contributed by atoms with Crippen molar-refractivity contribution < 1.29 is 34.4 Å². The quantitative estimate of drug-likeness (QED) is 0.0961. The minimum atomic E-state index is -2.08. The van der Waals surface area contributed by atoms with Crippen molar-refractivity contribution in [2.45, 2.75) is 57.8 Å². The molecule has 1 heterocycles. The zero-order valence-electron chi connectivity index (χ0n) is 23.9. The molecule has 1 radical (unpaired) electrons. The van der Waals surface area contributed by atoms with Crippen LogP contribution in [0.4, 0.5) is 4.39 Å². The van der Waals surface area contributed by atoms with Crippen molar-refractivity contribution >= 4 is 34.2 Å². The Hall–Kier alpha value is -2.60. The predicted molar refractivity (Wildman–Crippen MR) is 160 cm³/mol. The van der Waals surface area contributed by atoms with Gasteiger partial charge < -0.3 is 5.11 Å². The van der Waals surface area contributed by atoms with E-state index in [0.29, 0.717) is 11.5 Å². The van der Waals surface area contributed by atoms with Crippen molar-refractivity contribution in [1.29, 1.82) is 0 Å². The third-order valence-corrected chi connectivity index (χ3v) is 10.6. The minimum Gasteiger partial charge on any atom is 0 e. The van der Waals surface area contributed by atoms with Crippen LogP contribution < -0.4 is 4.40 Å². The number of aryl methyl sites for hydroxylation is 1. The van der Waals surface area contributed by atoms with E-state index in [1.165, 1.54) is 35.3 Å². The Bertz CT molecular complexity index is 1500. The molecular weight excluding hydrogens is 726 g/mol. The number of rotatable bonds is 5. The molecule has 0 atom stereocenters. The summed E-state index contributed by atoms with van der Waals surface area (Å²) in [6.45, 7) is 9.25. The number of halogens is 1. The third-order valence-electron chi connectivity index (χ3n) is 6.35. The summed E-state index contributed by atoms with van der Waals surface area (Å²) in [6.07, 6.45) is 3.01. The van der Waals surface area contributed by atoms with Crippen LogP contribution in [0.1, 0.15) is 44.7 Å². The van der Waals surface area contributed by atoms with Crippen molar-refractivity contribution in [3.05, 3.63) is 95.6 Å². The Morgan fingerprint density at radius 3 is 2.23 bits per heavy atom. The van der Waals surface area contributed by atoms with E-state index in [1.807, 2.05) is 31.3 Å². The number of carbonyl (C=O) groups is 1. The summed E-state index contributed by atoms with van der Waals surface area (Å²) in [4.78, 5) is 14.7. The molecule has 3 aromatic carbocycles. The molecule has 0 saturated carbocycles. The number of hydrogen-bond acceptors (Lipinski definition) is 3. The molecule has 0 amide bonds. The Morgan fingerprint density at radius 1 is 1.03 bits per heavy atom. The fraction of sp³-hybridized carbons (Fsp3) is 0.273. The molecule has 1 aromatic heterocycles. The second-order valence-corrected chi connectivity index (χ2v) is 21.7. The second kappa shape index (κ2) is 13.7. The first-order valence-corrected chi connectivity index (χ1v) is 20.2. The van der Waals surface area contributed by atoms with Gasteiger partial charge in [-0.2, -0.15) is 0 Å². The van der Waals surface area contributed by atoms with E-state index in [1.54, 1.807) is 6.07 Å². The molecule has 1 N–H and O–H groups in total. The number of aromatic nitrogens is 1. The minimum absolute atomic E-state index is 0. The van der Waals surface area contributed by atoms with Crippen LogP contribution in [-0.4, -0.2) is 29.1 Å². The SMILES string of the molecule is CC(=O)/C=C(/C)O.Cc1cnc(-c2[c-]c3ccccc3c(C(C)C)c2)cc1-c1cc[c]([Ge]([CH3])([CH3])[CH3])cc1F.[Ir]. The zero-order chi connectivity index (χ0) is 28.2. The molecule has 39 heavy (non-hydrogen) atoms. The van der Waals surface area contributed by atoms with Crippen LogP contribution in [0.2, 0.25) is 17.3 Å². The van der Waals surface area contributed by atoms with Gasteiger partial charge in [0.2, 0.25) is 0 Å². The number of allylic oxidation sites excluding steroid dienone is 2. The van der Waals surface area contributed by atoms with Gasteiger partial charge in [0.15, 0.2) is 5.78 Å². The van der Waals surface area contributed by atoms with Gasteiger partial charge in [-0.25, -0.2) is 0 Å². The molecule has 0 fully saturated rings. The van der Waals surface area contributed by atoms with Crippen molar-refractivity contribution in [3.8, 4) is 22.4 Å². The van der Waals surface area contributed by atoms with Gasteiger partial charge in [0.1, 0.15) is 0 Å². The van der Waals surface area contributed by atoms with Crippen LogP contribution in [0.25, 0.3) is 33.2 Å². The van der Waals surface area contributed by atoms with Crippen molar-refractivity contribution in [1.82, 2.24) is 4.98 Å². The molecule has 0 aliphatic rings. The maximum atomic E-state index is 15.2. The first-order valence-electron chi connectivity index (χ1n) is 12.9. The van der Waals surface area contributed by atoms with Gasteiger partial charge in [-0.15, -0.1) is 0 Å². The van der Waals surface area contributed by atoms with E-state index >= 15 is 4.39 Å². The maximum absolute atomic E-state index is 15.2. The molecule has 6 heteroatoms. The molecule has 207 valence electrons. The molecule has 0 aliphatic heterocycles. The van der Waals surface area contributed by atoms with Crippen molar-refractivity contribution in [2.24, 2.45) is 0 Å². The Labute approximate surface area is 248 Å². The van der Waals surface area contributed by atoms with Crippen LogP contribution in [0.5, 0.6) is 0 Å². The molecule has 4 aromatic rings. The zero-order valence-corrected chi connectivity index (χ0v) is 28.4. The largest absolute Gasteiger partial charge is 0 e. The van der Waals surface area contributed by atoms with Crippen LogP contribution in [0, 0.1) is 18.8 Å². The normalized spacial score (nSPS) is 11.6. The topological polar surface area (TPSA) is 50.2 Å². The molecule has 3 nitrogen and oxygen atoms in total. The number of hydrogen-bond donors (Lipinski definition) is 1. The molecule has 4 rings (SSSR count). The molecule has 0 spiro atoms. The van der Waals surface area contributed by atoms with E-state index in [-0.39, 0.29) is 37.5 Å². The van der Waals surface area contributed by atoms with E-state index in [4.69, 9.17) is 5.11 Å². The van der Waals surface area contributed by atoms with Gasteiger partial charge in [0.25, 0.3) is 0 Å². The summed E-state index contributed by atoms with van der Waals surface area (Å²) >= 11 is -2.08. The second-order valence-electron chi connectivity index (χ2n) is 11.1. The number of pyridine rings is 1. The van der Waals surface area contributed by atoms with E-state index in [2.05, 4.69) is 72.5 Å². The van der Waals surface area contributed by atoms with Crippen LogP contribution >= 0.6 is 0 Å². The summed E-state index contributed by atoms with van der Waals surface area (Å²) in [7, 11) is 0. The first kappa shape index (κ1) is 32.6. The molecular formula is C33H37FGeIrNO2-. The average molecular weight is 763 g/mol. The maximum Gasteiger partial charge on any atom is 0 e. The standard InChI is InChI=1S/C28H29FGeN.C5H8O2.Ir/c1-18(2)25-14-21(13-20-9-7-8-10-23(20)25)28-16-26(19(3)17-31-28)24-12-11-22(15-27(24)29)30(4,5)6;1-4(6)3-5(2)7;/h7-12,14-18H,1-6H3;3,6H,1-2H3;/q-1;;/b;4-3-;. The number of benzene rings is 3. The fourth-order valence-electron chi connectivity index (χ4n) is 4.33. The average Bonchev–Trinajstić information content (AvgIpc) is 2.82. The van der Waals surface area contributed by atoms with Gasteiger partial charge in [0.05, 0.1) is 5.76 Å². The Balaban J connectivity index is 0.000000592. The molecule has 0 saturated heterocycles. The summed E-state index contributed by atoms with van der Waals surface area (Å²) in [6, 6.07) is 21.9.